The Morgan fingerprint density at radius 3 is 2.65 bits per heavy atom. The summed E-state index contributed by atoms with van der Waals surface area (Å²) < 4.78 is 32.8. The fourth-order valence-electron chi connectivity index (χ4n) is 5.49. The summed E-state index contributed by atoms with van der Waals surface area (Å²) in [4.78, 5) is 25.2. The maximum absolute atomic E-state index is 13.8. The van der Waals surface area contributed by atoms with Crippen LogP contribution in [0.25, 0.3) is 11.2 Å². The summed E-state index contributed by atoms with van der Waals surface area (Å²) in [7, 11) is -3.88. The molecule has 2 aliphatic carbocycles. The molecule has 0 spiro atoms. The number of imidazole rings is 1. The van der Waals surface area contributed by atoms with Gasteiger partial charge in [0.2, 0.25) is 0 Å². The zero-order valence-corrected chi connectivity index (χ0v) is 22.2. The predicted molar refractivity (Wildman–Crippen MR) is 137 cm³/mol. The summed E-state index contributed by atoms with van der Waals surface area (Å²) >= 11 is 0. The highest BCUT2D eigenvalue weighted by molar-refractivity contribution is 7.52. The van der Waals surface area contributed by atoms with Gasteiger partial charge in [-0.3, -0.25) is 9.32 Å². The molecular weight excluding hydrogens is 495 g/mol. The topological polar surface area (TPSA) is 143 Å². The predicted octanol–water partition coefficient (Wildman–Crippen LogP) is 3.99. The van der Waals surface area contributed by atoms with Gasteiger partial charge in [0, 0.05) is 6.04 Å². The second-order valence-corrected chi connectivity index (χ2v) is 11.9. The number of hydrogen-bond acceptors (Lipinski definition) is 9. The molecule has 12 heteroatoms. The van der Waals surface area contributed by atoms with Crippen LogP contribution in [0, 0.1) is 23.7 Å². The number of rotatable bonds is 10. The van der Waals surface area contributed by atoms with E-state index in [0.717, 1.165) is 12.1 Å². The van der Waals surface area contributed by atoms with E-state index in [1.807, 2.05) is 6.07 Å². The van der Waals surface area contributed by atoms with Gasteiger partial charge in [-0.2, -0.15) is 5.09 Å². The van der Waals surface area contributed by atoms with Crippen LogP contribution in [0.1, 0.15) is 40.2 Å². The number of ether oxygens (including phenoxy) is 1. The maximum Gasteiger partial charge on any atom is 0.459 e. The Morgan fingerprint density at radius 1 is 1.22 bits per heavy atom. The first-order valence-electron chi connectivity index (χ1n) is 12.6. The molecule has 2 aliphatic rings. The van der Waals surface area contributed by atoms with Crippen molar-refractivity contribution in [1.29, 1.82) is 0 Å². The third-order valence-electron chi connectivity index (χ3n) is 7.30. The third kappa shape index (κ3) is 5.21. The van der Waals surface area contributed by atoms with Gasteiger partial charge in [0.25, 0.3) is 0 Å². The van der Waals surface area contributed by atoms with E-state index >= 15 is 0 Å². The van der Waals surface area contributed by atoms with Crippen LogP contribution in [0.4, 0.5) is 5.82 Å². The van der Waals surface area contributed by atoms with Gasteiger partial charge in [0.1, 0.15) is 23.6 Å². The van der Waals surface area contributed by atoms with Crippen molar-refractivity contribution < 1.29 is 23.1 Å². The first-order chi connectivity index (χ1) is 17.7. The molecule has 3 N–H and O–H groups in total. The van der Waals surface area contributed by atoms with Crippen LogP contribution in [0.15, 0.2) is 43.0 Å². The molecule has 11 nitrogen and oxygen atoms in total. The Bertz CT molecular complexity index is 1320. The number of fused-ring (bicyclic) bond motifs is 2. The molecule has 5 rings (SSSR count). The van der Waals surface area contributed by atoms with Crippen LogP contribution in [0.5, 0.6) is 5.75 Å². The second-order valence-electron chi connectivity index (χ2n) is 10.2. The number of carbonyl (C=O) groups is 1. The van der Waals surface area contributed by atoms with E-state index in [9.17, 15) is 9.36 Å². The van der Waals surface area contributed by atoms with E-state index < -0.39 is 19.8 Å². The summed E-state index contributed by atoms with van der Waals surface area (Å²) in [5.41, 5.74) is 7.32. The van der Waals surface area contributed by atoms with Gasteiger partial charge >= 0.3 is 13.7 Å². The van der Waals surface area contributed by atoms with Crippen LogP contribution in [-0.2, 0) is 18.6 Å². The Labute approximate surface area is 215 Å². The number of nitrogen functional groups attached to an aromatic ring is 1. The molecule has 0 bridgehead atoms. The Balaban J connectivity index is 1.25. The highest BCUT2D eigenvalue weighted by Gasteiger charge is 2.61. The fraction of sp³-hybridized carbons (Fsp3) is 0.520. The van der Waals surface area contributed by atoms with Crippen molar-refractivity contribution in [2.24, 2.45) is 23.7 Å². The molecule has 0 aliphatic heterocycles. The molecule has 0 amide bonds. The molecule has 3 aromatic rings. The van der Waals surface area contributed by atoms with Crippen molar-refractivity contribution in [3.8, 4) is 5.75 Å². The number of nitrogens with zero attached hydrogens (tertiary/aromatic N) is 4. The standard InChI is InChI=1S/C25H33N6O5P/c1-14(2)35-25(32)16(4)30-37(33,36-18-8-6-5-7-9-18)34-11-17-10-19-20(15(17)3)22(19)31-13-29-21-23(26)27-12-28-24(21)31/h5-9,12-17,19-20,22H,10-11H2,1-4H3,(H,30,33)(H2,26,27,28)/t15-,16+,17+,19?,20-,22?,37+/m1/s1. The van der Waals surface area contributed by atoms with Crippen molar-refractivity contribution in [3.05, 3.63) is 43.0 Å². The average molecular weight is 529 g/mol. The highest BCUT2D eigenvalue weighted by Crippen LogP contribution is 2.66. The van der Waals surface area contributed by atoms with Crippen LogP contribution < -0.4 is 15.3 Å². The van der Waals surface area contributed by atoms with E-state index in [1.54, 1.807) is 51.4 Å². The SMILES string of the molecule is CC(C)OC(=O)[C@H](C)N[P@](=O)(OC[C@@H]1CC2C(n3cnc4c(N)ncnc43)[C@@H]2[C@@H]1C)Oc1ccccc1. The Hall–Kier alpha value is -3.01. The molecular formula is C25H33N6O5P. The molecule has 2 unspecified atom stereocenters. The number of benzene rings is 1. The van der Waals surface area contributed by atoms with E-state index in [-0.39, 0.29) is 18.6 Å². The molecule has 37 heavy (non-hydrogen) atoms. The van der Waals surface area contributed by atoms with E-state index in [4.69, 9.17) is 19.5 Å². The van der Waals surface area contributed by atoms with Crippen molar-refractivity contribution in [2.45, 2.75) is 52.3 Å². The summed E-state index contributed by atoms with van der Waals surface area (Å²) in [5.74, 6) is 1.63. The number of anilines is 1. The first kappa shape index (κ1) is 25.6. The van der Waals surface area contributed by atoms with E-state index in [2.05, 4.69) is 31.5 Å². The average Bonchev–Trinajstić information content (AvgIpc) is 3.20. The Kier molecular flexibility index (Phi) is 6.95. The number of para-hydroxylation sites is 1. The lowest BCUT2D eigenvalue weighted by Gasteiger charge is -2.26. The number of hydrogen-bond donors (Lipinski definition) is 2. The number of carbonyl (C=O) groups excluding carboxylic acids is 1. The summed E-state index contributed by atoms with van der Waals surface area (Å²) in [6.07, 6.45) is 3.87. The van der Waals surface area contributed by atoms with Crippen molar-refractivity contribution >= 4 is 30.7 Å². The van der Waals surface area contributed by atoms with Gasteiger partial charge < -0.3 is 19.6 Å². The lowest BCUT2D eigenvalue weighted by Crippen LogP contribution is -2.36. The number of aromatic nitrogens is 4. The van der Waals surface area contributed by atoms with Gasteiger partial charge in [0.15, 0.2) is 11.5 Å². The lowest BCUT2D eigenvalue weighted by atomic mass is 9.93. The first-order valence-corrected chi connectivity index (χ1v) is 14.1. The minimum Gasteiger partial charge on any atom is -0.462 e. The summed E-state index contributed by atoms with van der Waals surface area (Å²) in [6, 6.07) is 8.20. The van der Waals surface area contributed by atoms with Crippen LogP contribution in [-0.4, -0.2) is 44.2 Å². The molecule has 0 saturated heterocycles. The molecule has 2 heterocycles. The summed E-state index contributed by atoms with van der Waals surface area (Å²) in [6.45, 7) is 7.54. The smallest absolute Gasteiger partial charge is 0.459 e. The Morgan fingerprint density at radius 2 is 1.97 bits per heavy atom. The monoisotopic (exact) mass is 528 g/mol. The lowest BCUT2D eigenvalue weighted by molar-refractivity contribution is -0.149. The maximum atomic E-state index is 13.8. The minimum absolute atomic E-state index is 0.188. The quantitative estimate of drug-likeness (QED) is 0.293. The van der Waals surface area contributed by atoms with Crippen LogP contribution in [0.3, 0.4) is 0 Å². The fourth-order valence-corrected chi connectivity index (χ4v) is 7.03. The highest BCUT2D eigenvalue weighted by atomic mass is 31.2. The molecule has 2 fully saturated rings. The van der Waals surface area contributed by atoms with Gasteiger partial charge in [-0.1, -0.05) is 25.1 Å². The molecule has 198 valence electrons. The van der Waals surface area contributed by atoms with Gasteiger partial charge in [-0.25, -0.2) is 19.5 Å². The van der Waals surface area contributed by atoms with Gasteiger partial charge in [-0.05, 0) is 63.0 Å². The number of nitrogens with one attached hydrogen (secondary N) is 1. The number of esters is 1. The summed E-state index contributed by atoms with van der Waals surface area (Å²) in [5, 5.41) is 2.76. The molecule has 7 atom stereocenters. The minimum atomic E-state index is -3.88. The van der Waals surface area contributed by atoms with E-state index in [0.29, 0.717) is 40.9 Å². The van der Waals surface area contributed by atoms with Crippen LogP contribution >= 0.6 is 7.75 Å². The second kappa shape index (κ2) is 10.0. The number of nitrogens with two attached hydrogens (primary N) is 1. The molecule has 1 aromatic carbocycles. The van der Waals surface area contributed by atoms with Crippen molar-refractivity contribution in [1.82, 2.24) is 24.6 Å². The van der Waals surface area contributed by atoms with Gasteiger partial charge in [0.05, 0.1) is 19.0 Å². The normalized spacial score (nSPS) is 27.0. The van der Waals surface area contributed by atoms with E-state index in [1.165, 1.54) is 6.33 Å². The molecule has 2 aromatic heterocycles. The zero-order chi connectivity index (χ0) is 26.3. The van der Waals surface area contributed by atoms with Crippen LogP contribution in [0.2, 0.25) is 0 Å². The van der Waals surface area contributed by atoms with Gasteiger partial charge in [-0.15, -0.1) is 0 Å². The van der Waals surface area contributed by atoms with Crippen molar-refractivity contribution in [2.75, 3.05) is 12.3 Å². The zero-order valence-electron chi connectivity index (χ0n) is 21.4. The van der Waals surface area contributed by atoms with Crippen molar-refractivity contribution in [3.63, 3.8) is 0 Å². The largest absolute Gasteiger partial charge is 0.462 e. The third-order valence-corrected chi connectivity index (χ3v) is 8.95. The molecule has 0 radical (unpaired) electrons. The molecule has 2 saturated carbocycles.